The predicted molar refractivity (Wildman–Crippen MR) is 76.1 cm³/mol. The molecule has 6 nitrogen and oxygen atoms in total. The fourth-order valence-corrected chi connectivity index (χ4v) is 1.84. The second kappa shape index (κ2) is 4.66. The molecule has 1 aromatic heterocycles. The molecule has 1 aliphatic heterocycles. The van der Waals surface area contributed by atoms with Crippen LogP contribution in [-0.4, -0.2) is 35.1 Å². The van der Waals surface area contributed by atoms with Crippen molar-refractivity contribution in [3.05, 3.63) is 17.2 Å². The highest BCUT2D eigenvalue weighted by atomic mass is 16.7. The topological polar surface area (TPSA) is 99.2 Å². The molecule has 1 aliphatic rings. The van der Waals surface area contributed by atoms with Crippen molar-refractivity contribution < 1.29 is 9.31 Å². The molecule has 0 aromatic carbocycles. The van der Waals surface area contributed by atoms with Gasteiger partial charge in [0.2, 0.25) is 0 Å². The molecule has 19 heavy (non-hydrogen) atoms. The summed E-state index contributed by atoms with van der Waals surface area (Å²) >= 11 is 0. The zero-order valence-corrected chi connectivity index (χ0v) is 11.9. The van der Waals surface area contributed by atoms with Gasteiger partial charge in [0, 0.05) is 12.1 Å². The Morgan fingerprint density at radius 3 is 2.37 bits per heavy atom. The van der Waals surface area contributed by atoms with E-state index in [1.165, 1.54) is 0 Å². The summed E-state index contributed by atoms with van der Waals surface area (Å²) < 4.78 is 11.9. The van der Waals surface area contributed by atoms with Crippen LogP contribution in [0.4, 0.5) is 5.82 Å². The maximum Gasteiger partial charge on any atom is 0.491 e. The lowest BCUT2D eigenvalue weighted by Gasteiger charge is -2.32. The molecule has 0 spiro atoms. The van der Waals surface area contributed by atoms with Gasteiger partial charge in [-0.15, -0.1) is 0 Å². The van der Waals surface area contributed by atoms with Gasteiger partial charge in [-0.3, -0.25) is 5.10 Å². The smallest absolute Gasteiger partial charge is 0.400 e. The van der Waals surface area contributed by atoms with Crippen LogP contribution >= 0.6 is 0 Å². The van der Waals surface area contributed by atoms with Crippen molar-refractivity contribution in [3.63, 3.8) is 0 Å². The van der Waals surface area contributed by atoms with Crippen molar-refractivity contribution >= 4 is 19.0 Å². The number of hydrogen-bond donors (Lipinski definition) is 3. The molecule has 2 heterocycles. The summed E-state index contributed by atoms with van der Waals surface area (Å²) in [6, 6.07) is 0. The van der Waals surface area contributed by atoms with E-state index in [-0.39, 0.29) is 11.2 Å². The van der Waals surface area contributed by atoms with E-state index < -0.39 is 7.12 Å². The van der Waals surface area contributed by atoms with E-state index in [9.17, 15) is 0 Å². The molecular formula is C12H21BN4O2. The number of nitrogens with zero attached hydrogens (tertiary/aromatic N) is 1. The highest BCUT2D eigenvalue weighted by Gasteiger charge is 2.52. The first kappa shape index (κ1) is 14.1. The molecule has 7 heteroatoms. The lowest BCUT2D eigenvalue weighted by Crippen LogP contribution is -2.41. The summed E-state index contributed by atoms with van der Waals surface area (Å²) in [6.07, 6.45) is 3.51. The SMILES string of the molecule is CC1(C)OB(C(=Cc2cn[nH]c2N)CN)OC1(C)C. The van der Waals surface area contributed by atoms with Crippen molar-refractivity contribution in [1.82, 2.24) is 10.2 Å². The van der Waals surface area contributed by atoms with Crippen LogP contribution < -0.4 is 11.5 Å². The number of nitrogens with one attached hydrogen (secondary N) is 1. The zero-order valence-electron chi connectivity index (χ0n) is 11.9. The molecule has 1 saturated heterocycles. The van der Waals surface area contributed by atoms with E-state index in [1.807, 2.05) is 33.8 Å². The number of rotatable bonds is 3. The molecule has 0 radical (unpaired) electrons. The molecule has 1 aromatic rings. The Hall–Kier alpha value is -1.31. The van der Waals surface area contributed by atoms with Crippen LogP contribution in [0.5, 0.6) is 0 Å². The van der Waals surface area contributed by atoms with Crippen LogP contribution in [-0.2, 0) is 9.31 Å². The molecule has 0 atom stereocenters. The van der Waals surface area contributed by atoms with Crippen LogP contribution in [0.3, 0.4) is 0 Å². The highest BCUT2D eigenvalue weighted by molar-refractivity contribution is 6.56. The Bertz CT molecular complexity index is 480. The second-order valence-electron chi connectivity index (χ2n) is 5.75. The first-order valence-corrected chi connectivity index (χ1v) is 6.32. The highest BCUT2D eigenvalue weighted by Crippen LogP contribution is 2.38. The molecule has 1 fully saturated rings. The largest absolute Gasteiger partial charge is 0.491 e. The zero-order chi connectivity index (χ0) is 14.3. The molecule has 0 amide bonds. The van der Waals surface area contributed by atoms with Gasteiger partial charge >= 0.3 is 7.12 Å². The average Bonchev–Trinajstić information content (AvgIpc) is 2.78. The molecule has 104 valence electrons. The van der Waals surface area contributed by atoms with Gasteiger partial charge in [-0.2, -0.15) is 5.10 Å². The fourth-order valence-electron chi connectivity index (χ4n) is 1.84. The first-order valence-electron chi connectivity index (χ1n) is 6.32. The van der Waals surface area contributed by atoms with Gasteiger partial charge < -0.3 is 20.8 Å². The third-order valence-corrected chi connectivity index (χ3v) is 3.83. The molecule has 0 aliphatic carbocycles. The predicted octanol–water partition coefficient (Wildman–Crippen LogP) is 0.965. The number of aromatic nitrogens is 2. The maximum absolute atomic E-state index is 5.96. The van der Waals surface area contributed by atoms with Crippen LogP contribution in [0.15, 0.2) is 11.7 Å². The van der Waals surface area contributed by atoms with Crippen LogP contribution in [0, 0.1) is 0 Å². The van der Waals surface area contributed by atoms with Crippen molar-refractivity contribution in [2.75, 3.05) is 12.3 Å². The first-order chi connectivity index (χ1) is 8.77. The quantitative estimate of drug-likeness (QED) is 0.706. The van der Waals surface area contributed by atoms with E-state index in [0.717, 1.165) is 11.0 Å². The van der Waals surface area contributed by atoms with Gasteiger partial charge in [-0.1, -0.05) is 6.08 Å². The standard InChI is InChI=1S/C12H21BN4O2/c1-11(2)12(3,4)19-13(18-11)9(6-14)5-8-7-16-17-10(8)15/h5,7H,6,14H2,1-4H3,(H3,15,16,17). The van der Waals surface area contributed by atoms with Gasteiger partial charge in [0.25, 0.3) is 0 Å². The van der Waals surface area contributed by atoms with Gasteiger partial charge in [0.05, 0.1) is 17.4 Å². The maximum atomic E-state index is 5.96. The minimum absolute atomic E-state index is 0.335. The Labute approximate surface area is 113 Å². The summed E-state index contributed by atoms with van der Waals surface area (Å²) in [5.74, 6) is 0.502. The van der Waals surface area contributed by atoms with E-state index >= 15 is 0 Å². The van der Waals surface area contributed by atoms with Crippen molar-refractivity contribution in [3.8, 4) is 0 Å². The Morgan fingerprint density at radius 2 is 1.95 bits per heavy atom. The van der Waals surface area contributed by atoms with Crippen molar-refractivity contribution in [2.24, 2.45) is 5.73 Å². The lowest BCUT2D eigenvalue weighted by molar-refractivity contribution is 0.00578. The third-order valence-electron chi connectivity index (χ3n) is 3.83. The molecule has 0 bridgehead atoms. The monoisotopic (exact) mass is 264 g/mol. The minimum atomic E-state index is -0.454. The van der Waals surface area contributed by atoms with Crippen LogP contribution in [0.2, 0.25) is 0 Å². The number of anilines is 1. The lowest BCUT2D eigenvalue weighted by atomic mass is 9.77. The Balaban J connectivity index is 2.26. The molecule has 0 unspecified atom stereocenters. The number of H-pyrrole nitrogens is 1. The fraction of sp³-hybridized carbons (Fsp3) is 0.583. The second-order valence-corrected chi connectivity index (χ2v) is 5.75. The average molecular weight is 264 g/mol. The number of nitrogen functional groups attached to an aromatic ring is 1. The number of nitrogens with two attached hydrogens (primary N) is 2. The summed E-state index contributed by atoms with van der Waals surface area (Å²) in [5.41, 5.74) is 12.4. The van der Waals surface area contributed by atoms with E-state index in [0.29, 0.717) is 12.4 Å². The molecule has 0 saturated carbocycles. The summed E-state index contributed by atoms with van der Waals surface area (Å²) in [5, 5.41) is 6.56. The Kier molecular flexibility index (Phi) is 3.46. The van der Waals surface area contributed by atoms with Crippen molar-refractivity contribution in [2.45, 2.75) is 38.9 Å². The Morgan fingerprint density at radius 1 is 1.37 bits per heavy atom. The summed E-state index contributed by atoms with van der Waals surface area (Å²) in [4.78, 5) is 0. The minimum Gasteiger partial charge on any atom is -0.400 e. The molecular weight excluding hydrogens is 243 g/mol. The normalized spacial score (nSPS) is 21.9. The van der Waals surface area contributed by atoms with E-state index in [4.69, 9.17) is 20.8 Å². The van der Waals surface area contributed by atoms with E-state index in [1.54, 1.807) is 6.20 Å². The van der Waals surface area contributed by atoms with Gasteiger partial charge in [0.15, 0.2) is 0 Å². The van der Waals surface area contributed by atoms with Crippen LogP contribution in [0.25, 0.3) is 6.08 Å². The number of hydrogen-bond acceptors (Lipinski definition) is 5. The molecule has 5 N–H and O–H groups in total. The van der Waals surface area contributed by atoms with Crippen LogP contribution in [0.1, 0.15) is 33.3 Å². The van der Waals surface area contributed by atoms with Gasteiger partial charge in [0.1, 0.15) is 5.82 Å². The molecule has 2 rings (SSSR count). The number of aromatic amines is 1. The van der Waals surface area contributed by atoms with Crippen molar-refractivity contribution in [1.29, 1.82) is 0 Å². The third kappa shape index (κ3) is 2.54. The van der Waals surface area contributed by atoms with Gasteiger partial charge in [-0.05, 0) is 33.2 Å². The summed E-state index contributed by atoms with van der Waals surface area (Å²) in [7, 11) is -0.454. The van der Waals surface area contributed by atoms with E-state index in [2.05, 4.69) is 10.2 Å². The summed E-state index contributed by atoms with van der Waals surface area (Å²) in [6.45, 7) is 8.36. The van der Waals surface area contributed by atoms with Gasteiger partial charge in [-0.25, -0.2) is 0 Å².